The molecule has 0 aromatic carbocycles. The van der Waals surface area contributed by atoms with Crippen molar-refractivity contribution in [3.05, 3.63) is 4.91 Å². The van der Waals surface area contributed by atoms with Crippen molar-refractivity contribution >= 4 is 17.6 Å². The first kappa shape index (κ1) is 21.4. The maximum atomic E-state index is 12.5. The number of halogens is 1. The van der Waals surface area contributed by atoms with Gasteiger partial charge in [0.2, 0.25) is 0 Å². The standard InChI is InChI=1S/C22H36ClN3O3/c1-21-9-7-15(27)13-14(21)3-4-16-17-5-6-19(22(17,2)10-8-18(16)21)24-20(28)26(25-29)12-11-23/h14-19,27H,3-13H2,1-2H3,(H,24,28)/t14-,15+,16+,17+,18+,19+,21+,22+/m1/s1. The van der Waals surface area contributed by atoms with Crippen LogP contribution in [0.5, 0.6) is 0 Å². The van der Waals surface area contributed by atoms with Crippen molar-refractivity contribution in [1.82, 2.24) is 10.3 Å². The van der Waals surface area contributed by atoms with E-state index in [2.05, 4.69) is 24.5 Å². The fourth-order valence-corrected chi connectivity index (χ4v) is 8.12. The topological polar surface area (TPSA) is 82.0 Å². The Kier molecular flexibility index (Phi) is 5.88. The highest BCUT2D eigenvalue weighted by atomic mass is 35.5. The predicted molar refractivity (Wildman–Crippen MR) is 113 cm³/mol. The third kappa shape index (κ3) is 3.48. The molecule has 4 aliphatic rings. The van der Waals surface area contributed by atoms with Crippen LogP contribution in [0.3, 0.4) is 0 Å². The number of urea groups is 1. The number of alkyl halides is 1. The summed E-state index contributed by atoms with van der Waals surface area (Å²) in [5.74, 6) is 2.95. The molecular formula is C22H36ClN3O3. The quantitative estimate of drug-likeness (QED) is 0.389. The van der Waals surface area contributed by atoms with E-state index in [9.17, 15) is 14.8 Å². The number of carbonyl (C=O) groups is 1. The summed E-state index contributed by atoms with van der Waals surface area (Å²) >= 11 is 5.69. The molecule has 4 rings (SSSR count). The molecule has 0 bridgehead atoms. The maximum absolute atomic E-state index is 12.5. The lowest BCUT2D eigenvalue weighted by atomic mass is 9.45. The minimum Gasteiger partial charge on any atom is -0.393 e. The first-order chi connectivity index (χ1) is 13.8. The van der Waals surface area contributed by atoms with Crippen LogP contribution >= 0.6 is 11.6 Å². The van der Waals surface area contributed by atoms with Gasteiger partial charge in [-0.05, 0) is 92.3 Å². The molecule has 4 aliphatic carbocycles. The van der Waals surface area contributed by atoms with Gasteiger partial charge in [0.1, 0.15) is 0 Å². The number of hydrogen-bond acceptors (Lipinski definition) is 4. The first-order valence-corrected chi connectivity index (χ1v) is 12.0. The largest absolute Gasteiger partial charge is 0.393 e. The zero-order valence-electron chi connectivity index (χ0n) is 17.8. The summed E-state index contributed by atoms with van der Waals surface area (Å²) in [6, 6.07) is -0.314. The van der Waals surface area contributed by atoms with Gasteiger partial charge in [0.15, 0.2) is 0 Å². The number of fused-ring (bicyclic) bond motifs is 5. The van der Waals surface area contributed by atoms with Crippen LogP contribution in [0.2, 0.25) is 0 Å². The van der Waals surface area contributed by atoms with Crippen LogP contribution in [-0.4, -0.2) is 40.7 Å². The highest BCUT2D eigenvalue weighted by molar-refractivity contribution is 6.18. The van der Waals surface area contributed by atoms with Gasteiger partial charge in [-0.3, -0.25) is 0 Å². The van der Waals surface area contributed by atoms with Crippen molar-refractivity contribution in [3.63, 3.8) is 0 Å². The Morgan fingerprint density at radius 1 is 1.10 bits per heavy atom. The third-order valence-electron chi connectivity index (χ3n) is 9.57. The molecule has 8 atom stereocenters. The Morgan fingerprint density at radius 2 is 1.83 bits per heavy atom. The van der Waals surface area contributed by atoms with E-state index in [1.54, 1.807) is 0 Å². The lowest BCUT2D eigenvalue weighted by Crippen LogP contribution is -2.56. The second-order valence-corrected chi connectivity index (χ2v) is 11.0. The zero-order valence-corrected chi connectivity index (χ0v) is 18.5. The summed E-state index contributed by atoms with van der Waals surface area (Å²) in [6.07, 6.45) is 9.93. The van der Waals surface area contributed by atoms with Crippen molar-refractivity contribution in [2.75, 3.05) is 12.4 Å². The van der Waals surface area contributed by atoms with Crippen LogP contribution in [0.15, 0.2) is 5.29 Å². The van der Waals surface area contributed by atoms with Gasteiger partial charge >= 0.3 is 6.03 Å². The highest BCUT2D eigenvalue weighted by Gasteiger charge is 2.60. The van der Waals surface area contributed by atoms with E-state index >= 15 is 0 Å². The van der Waals surface area contributed by atoms with E-state index in [4.69, 9.17) is 11.6 Å². The normalized spacial score (nSPS) is 46.2. The van der Waals surface area contributed by atoms with E-state index < -0.39 is 6.03 Å². The molecule has 0 radical (unpaired) electrons. The number of nitroso groups, excluding NO2 is 1. The smallest absolute Gasteiger partial charge is 0.340 e. The Labute approximate surface area is 179 Å². The van der Waals surface area contributed by atoms with Crippen LogP contribution in [0.1, 0.15) is 71.6 Å². The van der Waals surface area contributed by atoms with Gasteiger partial charge in [0, 0.05) is 11.9 Å². The van der Waals surface area contributed by atoms with E-state index in [0.29, 0.717) is 17.3 Å². The molecule has 0 aliphatic heterocycles. The molecule has 7 heteroatoms. The Bertz CT molecular complexity index is 649. The van der Waals surface area contributed by atoms with Crippen molar-refractivity contribution in [2.24, 2.45) is 39.8 Å². The SMILES string of the molecule is C[C@]12CC[C@H](O)C[C@H]1CC[C@@H]1[C@@H]2CC[C@]2(C)[C@@H](NC(=O)N(CCCl)N=O)CC[C@@H]12. The highest BCUT2D eigenvalue weighted by Crippen LogP contribution is 2.66. The molecule has 0 spiro atoms. The van der Waals surface area contributed by atoms with Crippen LogP contribution in [0.25, 0.3) is 0 Å². The number of rotatable bonds is 4. The molecule has 0 aromatic heterocycles. The molecule has 164 valence electrons. The van der Waals surface area contributed by atoms with Gasteiger partial charge in [-0.15, -0.1) is 16.5 Å². The molecule has 0 saturated heterocycles. The molecule has 0 aromatic rings. The lowest BCUT2D eigenvalue weighted by Gasteiger charge is -2.60. The fourth-order valence-electron chi connectivity index (χ4n) is 7.96. The zero-order chi connectivity index (χ0) is 20.8. The summed E-state index contributed by atoms with van der Waals surface area (Å²) in [5, 5.41) is 17.1. The molecule has 29 heavy (non-hydrogen) atoms. The fraction of sp³-hybridized carbons (Fsp3) is 0.955. The summed E-state index contributed by atoms with van der Waals surface area (Å²) in [6.45, 7) is 4.99. The van der Waals surface area contributed by atoms with Gasteiger partial charge in [-0.25, -0.2) is 4.79 Å². The second kappa shape index (κ2) is 7.99. The molecule has 0 unspecified atom stereocenters. The average Bonchev–Trinajstić information content (AvgIpc) is 3.03. The van der Waals surface area contributed by atoms with Gasteiger partial charge in [-0.1, -0.05) is 13.8 Å². The van der Waals surface area contributed by atoms with E-state index in [-0.39, 0.29) is 30.0 Å². The van der Waals surface area contributed by atoms with Crippen molar-refractivity contribution in [3.8, 4) is 0 Å². The molecule has 4 saturated carbocycles. The summed E-state index contributed by atoms with van der Waals surface area (Å²) in [4.78, 5) is 23.5. The summed E-state index contributed by atoms with van der Waals surface area (Å²) in [7, 11) is 0. The van der Waals surface area contributed by atoms with Gasteiger partial charge in [0.05, 0.1) is 17.9 Å². The number of nitrogens with one attached hydrogen (secondary N) is 1. The Hall–Kier alpha value is -0.880. The maximum Gasteiger partial charge on any atom is 0.340 e. The average molecular weight is 426 g/mol. The first-order valence-electron chi connectivity index (χ1n) is 11.5. The molecule has 4 fully saturated rings. The number of aliphatic hydroxyl groups is 1. The van der Waals surface area contributed by atoms with Crippen LogP contribution in [-0.2, 0) is 0 Å². The van der Waals surface area contributed by atoms with Gasteiger partial charge in [-0.2, -0.15) is 5.01 Å². The van der Waals surface area contributed by atoms with Crippen LogP contribution < -0.4 is 5.32 Å². The summed E-state index contributed by atoms with van der Waals surface area (Å²) < 4.78 is 0. The van der Waals surface area contributed by atoms with Crippen molar-refractivity contribution < 1.29 is 9.90 Å². The Morgan fingerprint density at radius 3 is 2.55 bits per heavy atom. The summed E-state index contributed by atoms with van der Waals surface area (Å²) in [5.41, 5.74) is 0.452. The van der Waals surface area contributed by atoms with Crippen molar-refractivity contribution in [1.29, 1.82) is 0 Å². The van der Waals surface area contributed by atoms with Gasteiger partial charge < -0.3 is 10.4 Å². The number of carbonyl (C=O) groups excluding carboxylic acids is 1. The van der Waals surface area contributed by atoms with E-state index in [0.717, 1.165) is 55.4 Å². The molecule has 0 heterocycles. The van der Waals surface area contributed by atoms with Crippen molar-refractivity contribution in [2.45, 2.75) is 83.8 Å². The second-order valence-electron chi connectivity index (χ2n) is 10.6. The monoisotopic (exact) mass is 425 g/mol. The van der Waals surface area contributed by atoms with E-state index in [1.807, 2.05) is 0 Å². The third-order valence-corrected chi connectivity index (χ3v) is 9.73. The van der Waals surface area contributed by atoms with Gasteiger partial charge in [0.25, 0.3) is 0 Å². The minimum atomic E-state index is -0.411. The molecule has 6 nitrogen and oxygen atoms in total. The predicted octanol–water partition coefficient (Wildman–Crippen LogP) is 4.69. The molecular weight excluding hydrogens is 390 g/mol. The minimum absolute atomic E-state index is 0.0870. The number of hydrogen-bond donors (Lipinski definition) is 2. The van der Waals surface area contributed by atoms with E-state index in [1.165, 1.54) is 19.3 Å². The number of nitrogens with zero attached hydrogens (tertiary/aromatic N) is 2. The Balaban J connectivity index is 1.49. The molecule has 2 amide bonds. The van der Waals surface area contributed by atoms with Crippen LogP contribution in [0, 0.1) is 39.4 Å². The number of aliphatic hydroxyl groups excluding tert-OH is 1. The lowest BCUT2D eigenvalue weighted by molar-refractivity contribution is -0.123. The number of amides is 2. The van der Waals surface area contributed by atoms with Crippen LogP contribution in [0.4, 0.5) is 4.79 Å². The molecule has 2 N–H and O–H groups in total.